The molecule has 0 saturated heterocycles. The molecule has 82 valence electrons. The molecule has 1 aliphatic carbocycles. The van der Waals surface area contributed by atoms with Gasteiger partial charge in [0.05, 0.1) is 12.0 Å². The first-order chi connectivity index (χ1) is 7.23. The Kier molecular flexibility index (Phi) is 2.70. The first kappa shape index (κ1) is 10.1. The first-order valence-corrected chi connectivity index (χ1v) is 5.30. The van der Waals surface area contributed by atoms with Gasteiger partial charge >= 0.3 is 5.97 Å². The molecule has 1 aromatic rings. The fourth-order valence-electron chi connectivity index (χ4n) is 2.43. The van der Waals surface area contributed by atoms with Crippen LogP contribution >= 0.6 is 0 Å². The van der Waals surface area contributed by atoms with Gasteiger partial charge in [0.25, 0.3) is 0 Å². The highest BCUT2D eigenvalue weighted by atomic mass is 16.4. The van der Waals surface area contributed by atoms with E-state index in [-0.39, 0.29) is 12.0 Å². The first-order valence-electron chi connectivity index (χ1n) is 5.30. The lowest BCUT2D eigenvalue weighted by atomic mass is 9.79. The Morgan fingerprint density at radius 3 is 2.67 bits per heavy atom. The van der Waals surface area contributed by atoms with Gasteiger partial charge in [0.1, 0.15) is 12.7 Å². The monoisotopic (exact) mass is 209 g/mol. The van der Waals surface area contributed by atoms with Gasteiger partial charge in [0, 0.05) is 0 Å². The van der Waals surface area contributed by atoms with E-state index in [1.165, 1.54) is 12.7 Å². The van der Waals surface area contributed by atoms with E-state index in [4.69, 9.17) is 5.11 Å². The minimum Gasteiger partial charge on any atom is -0.481 e. The van der Waals surface area contributed by atoms with Gasteiger partial charge in [-0.05, 0) is 12.8 Å². The number of carboxylic acid groups (broad SMARTS) is 1. The molecular weight excluding hydrogens is 194 g/mol. The summed E-state index contributed by atoms with van der Waals surface area (Å²) >= 11 is 0. The molecular formula is C10H15N3O2. The van der Waals surface area contributed by atoms with Crippen molar-refractivity contribution in [3.63, 3.8) is 0 Å². The van der Waals surface area contributed by atoms with E-state index in [1.807, 2.05) is 0 Å². The summed E-state index contributed by atoms with van der Waals surface area (Å²) in [5, 5.41) is 13.1. The van der Waals surface area contributed by atoms with E-state index >= 15 is 0 Å². The Hall–Kier alpha value is -1.39. The number of aromatic nitrogens is 3. The van der Waals surface area contributed by atoms with Crippen molar-refractivity contribution in [2.24, 2.45) is 0 Å². The summed E-state index contributed by atoms with van der Waals surface area (Å²) in [5.74, 6) is -0.757. The third kappa shape index (κ3) is 2.00. The molecule has 5 heteroatoms. The van der Waals surface area contributed by atoms with Crippen LogP contribution in [0, 0.1) is 0 Å². The van der Waals surface area contributed by atoms with Gasteiger partial charge in [-0.1, -0.05) is 19.3 Å². The topological polar surface area (TPSA) is 68.0 Å². The maximum absolute atomic E-state index is 10.9. The maximum atomic E-state index is 10.9. The smallest absolute Gasteiger partial charge is 0.305 e. The highest BCUT2D eigenvalue weighted by Gasteiger charge is 2.36. The van der Waals surface area contributed by atoms with Gasteiger partial charge in [0.2, 0.25) is 0 Å². The summed E-state index contributed by atoms with van der Waals surface area (Å²) in [7, 11) is 0. The lowest BCUT2D eigenvalue weighted by Crippen LogP contribution is -2.38. The molecule has 0 amide bonds. The molecule has 5 nitrogen and oxygen atoms in total. The molecule has 1 aromatic heterocycles. The lowest BCUT2D eigenvalue weighted by molar-refractivity contribution is -0.140. The third-order valence-corrected chi connectivity index (χ3v) is 3.17. The number of hydrogen-bond acceptors (Lipinski definition) is 3. The van der Waals surface area contributed by atoms with E-state index in [0.717, 1.165) is 25.7 Å². The summed E-state index contributed by atoms with van der Waals surface area (Å²) in [6.07, 6.45) is 8.38. The number of nitrogens with zero attached hydrogens (tertiary/aromatic N) is 3. The molecule has 0 bridgehead atoms. The van der Waals surface area contributed by atoms with Crippen molar-refractivity contribution in [1.29, 1.82) is 0 Å². The average Bonchev–Trinajstić information content (AvgIpc) is 2.71. The second-order valence-electron chi connectivity index (χ2n) is 4.20. The molecule has 1 aliphatic rings. The zero-order chi connectivity index (χ0) is 10.7. The van der Waals surface area contributed by atoms with E-state index in [9.17, 15) is 4.79 Å². The predicted molar refractivity (Wildman–Crippen MR) is 53.3 cm³/mol. The fraction of sp³-hybridized carbons (Fsp3) is 0.700. The molecule has 0 unspecified atom stereocenters. The number of aliphatic carboxylic acids is 1. The molecule has 1 heterocycles. The zero-order valence-electron chi connectivity index (χ0n) is 8.59. The van der Waals surface area contributed by atoms with E-state index in [2.05, 4.69) is 10.1 Å². The van der Waals surface area contributed by atoms with Gasteiger partial charge in [-0.15, -0.1) is 0 Å². The minimum atomic E-state index is -0.757. The van der Waals surface area contributed by atoms with Gasteiger partial charge in [0.15, 0.2) is 0 Å². The van der Waals surface area contributed by atoms with Crippen LogP contribution in [0.3, 0.4) is 0 Å². The summed E-state index contributed by atoms with van der Waals surface area (Å²) in [6.45, 7) is 0. The number of carbonyl (C=O) groups is 1. The number of carboxylic acids is 1. The highest BCUT2D eigenvalue weighted by molar-refractivity contribution is 5.68. The SMILES string of the molecule is O=C(O)CC1(n2cncn2)CCCCC1. The molecule has 1 N–H and O–H groups in total. The Labute approximate surface area is 88.1 Å². The molecule has 0 aliphatic heterocycles. The Morgan fingerprint density at radius 1 is 1.40 bits per heavy atom. The van der Waals surface area contributed by atoms with Gasteiger partial charge in [-0.3, -0.25) is 4.79 Å². The van der Waals surface area contributed by atoms with Crippen molar-refractivity contribution in [2.75, 3.05) is 0 Å². The van der Waals surface area contributed by atoms with Crippen molar-refractivity contribution in [3.8, 4) is 0 Å². The van der Waals surface area contributed by atoms with Gasteiger partial charge < -0.3 is 5.11 Å². The van der Waals surface area contributed by atoms with Crippen LogP contribution in [-0.4, -0.2) is 25.8 Å². The van der Waals surface area contributed by atoms with Crippen LogP contribution in [0.25, 0.3) is 0 Å². The van der Waals surface area contributed by atoms with Crippen LogP contribution in [0.4, 0.5) is 0 Å². The van der Waals surface area contributed by atoms with E-state index in [0.29, 0.717) is 0 Å². The van der Waals surface area contributed by atoms with Crippen LogP contribution in [0.5, 0.6) is 0 Å². The number of hydrogen-bond donors (Lipinski definition) is 1. The Morgan fingerprint density at radius 2 is 2.13 bits per heavy atom. The molecule has 1 fully saturated rings. The highest BCUT2D eigenvalue weighted by Crippen LogP contribution is 2.36. The normalized spacial score (nSPS) is 20.0. The standard InChI is InChI=1S/C10H15N3O2/c14-9(15)6-10(4-2-1-3-5-10)13-8-11-7-12-13/h7-8H,1-6H2,(H,14,15). The quantitative estimate of drug-likeness (QED) is 0.817. The summed E-state index contributed by atoms with van der Waals surface area (Å²) in [5.41, 5.74) is -0.333. The van der Waals surface area contributed by atoms with Crippen molar-refractivity contribution >= 4 is 5.97 Å². The van der Waals surface area contributed by atoms with Crippen molar-refractivity contribution in [3.05, 3.63) is 12.7 Å². The van der Waals surface area contributed by atoms with Crippen LogP contribution in [0.2, 0.25) is 0 Å². The Bertz CT molecular complexity index is 328. The van der Waals surface area contributed by atoms with Gasteiger partial charge in [-0.2, -0.15) is 5.10 Å². The largest absolute Gasteiger partial charge is 0.481 e. The molecule has 15 heavy (non-hydrogen) atoms. The van der Waals surface area contributed by atoms with Crippen LogP contribution < -0.4 is 0 Å². The van der Waals surface area contributed by atoms with Crippen molar-refractivity contribution in [1.82, 2.24) is 14.8 Å². The Balaban J connectivity index is 2.25. The van der Waals surface area contributed by atoms with Crippen LogP contribution in [-0.2, 0) is 10.3 Å². The molecule has 0 atom stereocenters. The zero-order valence-corrected chi connectivity index (χ0v) is 8.59. The maximum Gasteiger partial charge on any atom is 0.305 e. The molecule has 2 rings (SSSR count). The third-order valence-electron chi connectivity index (χ3n) is 3.17. The van der Waals surface area contributed by atoms with Crippen LogP contribution in [0.1, 0.15) is 38.5 Å². The molecule has 0 spiro atoms. The van der Waals surface area contributed by atoms with Crippen molar-refractivity contribution in [2.45, 2.75) is 44.1 Å². The minimum absolute atomic E-state index is 0.149. The summed E-state index contributed by atoms with van der Waals surface area (Å²) < 4.78 is 1.74. The molecule has 0 aromatic carbocycles. The van der Waals surface area contributed by atoms with E-state index in [1.54, 1.807) is 11.0 Å². The van der Waals surface area contributed by atoms with Crippen molar-refractivity contribution < 1.29 is 9.90 Å². The number of rotatable bonds is 3. The van der Waals surface area contributed by atoms with Crippen LogP contribution in [0.15, 0.2) is 12.7 Å². The average molecular weight is 209 g/mol. The van der Waals surface area contributed by atoms with Gasteiger partial charge in [-0.25, -0.2) is 9.67 Å². The summed E-state index contributed by atoms with van der Waals surface area (Å²) in [6, 6.07) is 0. The molecule has 0 radical (unpaired) electrons. The molecule has 1 saturated carbocycles. The fourth-order valence-corrected chi connectivity index (χ4v) is 2.43. The predicted octanol–water partition coefficient (Wildman–Crippen LogP) is 1.41. The summed E-state index contributed by atoms with van der Waals surface area (Å²) in [4.78, 5) is 14.8. The lowest BCUT2D eigenvalue weighted by Gasteiger charge is -2.35. The second-order valence-corrected chi connectivity index (χ2v) is 4.20. The second kappa shape index (κ2) is 4.00. The van der Waals surface area contributed by atoms with E-state index < -0.39 is 5.97 Å².